The van der Waals surface area contributed by atoms with E-state index in [-0.39, 0.29) is 11.3 Å². The van der Waals surface area contributed by atoms with Crippen LogP contribution in [0.5, 0.6) is 0 Å². The number of anilines is 1. The molecule has 1 aliphatic carbocycles. The van der Waals surface area contributed by atoms with Crippen LogP contribution in [-0.4, -0.2) is 24.7 Å². The fourth-order valence-electron chi connectivity index (χ4n) is 2.90. The number of carboxylic acid groups (broad SMARTS) is 1. The molecule has 1 aromatic rings. The van der Waals surface area contributed by atoms with Crippen LogP contribution >= 0.6 is 0 Å². The van der Waals surface area contributed by atoms with Crippen LogP contribution in [-0.2, 0) is 0 Å². The molecule has 0 spiro atoms. The van der Waals surface area contributed by atoms with Gasteiger partial charge >= 0.3 is 5.97 Å². The fraction of sp³-hybridized carbons (Fsp3) is 0.533. The van der Waals surface area contributed by atoms with Crippen LogP contribution in [0, 0.1) is 17.6 Å². The Kier molecular flexibility index (Phi) is 4.57. The Bertz CT molecular complexity index is 476. The maximum Gasteiger partial charge on any atom is 0.335 e. The second-order valence-corrected chi connectivity index (χ2v) is 5.48. The van der Waals surface area contributed by atoms with Gasteiger partial charge in [0.2, 0.25) is 0 Å². The highest BCUT2D eigenvalue weighted by molar-refractivity contribution is 5.88. The summed E-state index contributed by atoms with van der Waals surface area (Å²) in [6.07, 6.45) is 5.74. The number of aromatic carboxylic acids is 1. The molecule has 0 amide bonds. The number of carbonyl (C=O) groups is 1. The standard InChI is InChI=1S/C15H19F2NO2/c1-18(9-10-5-3-2-4-6-10)14-12(16)7-11(15(19)20)8-13(14)17/h7-8,10H,2-6,9H2,1H3,(H,19,20). The molecule has 0 heterocycles. The van der Waals surface area contributed by atoms with E-state index < -0.39 is 17.6 Å². The van der Waals surface area contributed by atoms with Gasteiger partial charge in [0, 0.05) is 13.6 Å². The summed E-state index contributed by atoms with van der Waals surface area (Å²) in [5.41, 5.74) is -0.504. The van der Waals surface area contributed by atoms with Crippen molar-refractivity contribution in [3.8, 4) is 0 Å². The lowest BCUT2D eigenvalue weighted by Gasteiger charge is -2.28. The molecule has 2 rings (SSSR count). The van der Waals surface area contributed by atoms with Crippen molar-refractivity contribution in [1.29, 1.82) is 0 Å². The number of hydrogen-bond donors (Lipinski definition) is 1. The third-order valence-electron chi connectivity index (χ3n) is 3.90. The average Bonchev–Trinajstić information content (AvgIpc) is 2.38. The first-order valence-electron chi connectivity index (χ1n) is 6.92. The number of hydrogen-bond acceptors (Lipinski definition) is 2. The third-order valence-corrected chi connectivity index (χ3v) is 3.90. The minimum absolute atomic E-state index is 0.138. The van der Waals surface area contributed by atoms with E-state index in [1.54, 1.807) is 11.9 Å². The molecule has 0 unspecified atom stereocenters. The van der Waals surface area contributed by atoms with Crippen molar-refractivity contribution >= 4 is 11.7 Å². The molecule has 1 saturated carbocycles. The molecule has 1 fully saturated rings. The van der Waals surface area contributed by atoms with Crippen molar-refractivity contribution in [2.24, 2.45) is 5.92 Å². The van der Waals surface area contributed by atoms with E-state index in [2.05, 4.69) is 0 Å². The monoisotopic (exact) mass is 283 g/mol. The van der Waals surface area contributed by atoms with Gasteiger partial charge in [0.05, 0.1) is 5.56 Å². The molecular weight excluding hydrogens is 264 g/mol. The molecule has 1 aromatic carbocycles. The topological polar surface area (TPSA) is 40.5 Å². The molecule has 0 radical (unpaired) electrons. The normalized spacial score (nSPS) is 16.1. The zero-order valence-electron chi connectivity index (χ0n) is 11.5. The Balaban J connectivity index is 2.16. The zero-order valence-corrected chi connectivity index (χ0v) is 11.5. The maximum atomic E-state index is 13.9. The summed E-state index contributed by atoms with van der Waals surface area (Å²) in [7, 11) is 1.65. The Morgan fingerprint density at radius 2 is 1.80 bits per heavy atom. The lowest BCUT2D eigenvalue weighted by Crippen LogP contribution is -2.28. The van der Waals surface area contributed by atoms with Crippen LogP contribution in [0.25, 0.3) is 0 Å². The summed E-state index contributed by atoms with van der Waals surface area (Å²) in [5.74, 6) is -2.52. The highest BCUT2D eigenvalue weighted by Gasteiger charge is 2.21. The summed E-state index contributed by atoms with van der Waals surface area (Å²) in [5, 5.41) is 8.78. The first-order chi connectivity index (χ1) is 9.49. The highest BCUT2D eigenvalue weighted by atomic mass is 19.1. The van der Waals surface area contributed by atoms with Gasteiger partial charge in [-0.3, -0.25) is 0 Å². The van der Waals surface area contributed by atoms with Crippen molar-refractivity contribution < 1.29 is 18.7 Å². The van der Waals surface area contributed by atoms with E-state index in [9.17, 15) is 13.6 Å². The summed E-state index contributed by atoms with van der Waals surface area (Å²) in [4.78, 5) is 12.3. The van der Waals surface area contributed by atoms with Gasteiger partial charge in [-0.05, 0) is 30.9 Å². The third kappa shape index (κ3) is 3.26. The van der Waals surface area contributed by atoms with Gasteiger partial charge in [-0.2, -0.15) is 0 Å². The van der Waals surface area contributed by atoms with Crippen molar-refractivity contribution in [3.05, 3.63) is 29.3 Å². The number of carboxylic acids is 1. The molecule has 110 valence electrons. The quantitative estimate of drug-likeness (QED) is 0.916. The van der Waals surface area contributed by atoms with E-state index in [1.165, 1.54) is 19.3 Å². The van der Waals surface area contributed by atoms with Crippen LogP contribution < -0.4 is 4.90 Å². The molecular formula is C15H19F2NO2. The molecule has 0 aliphatic heterocycles. The highest BCUT2D eigenvalue weighted by Crippen LogP contribution is 2.29. The van der Waals surface area contributed by atoms with Gasteiger partial charge in [-0.15, -0.1) is 0 Å². The zero-order chi connectivity index (χ0) is 14.7. The van der Waals surface area contributed by atoms with Gasteiger partial charge in [-0.1, -0.05) is 19.3 Å². The molecule has 1 N–H and O–H groups in total. The second-order valence-electron chi connectivity index (χ2n) is 5.48. The minimum Gasteiger partial charge on any atom is -0.478 e. The summed E-state index contributed by atoms with van der Waals surface area (Å²) in [6.45, 7) is 0.597. The lowest BCUT2D eigenvalue weighted by atomic mass is 9.89. The van der Waals surface area contributed by atoms with E-state index in [0.717, 1.165) is 25.0 Å². The van der Waals surface area contributed by atoms with Crippen molar-refractivity contribution in [1.82, 2.24) is 0 Å². The molecule has 0 bridgehead atoms. The van der Waals surface area contributed by atoms with Gasteiger partial charge < -0.3 is 10.0 Å². The van der Waals surface area contributed by atoms with Crippen LogP contribution in [0.4, 0.5) is 14.5 Å². The Labute approximate surface area is 117 Å². The molecule has 0 atom stereocenters. The molecule has 3 nitrogen and oxygen atoms in total. The average molecular weight is 283 g/mol. The van der Waals surface area contributed by atoms with Gasteiger partial charge in [-0.25, -0.2) is 13.6 Å². The summed E-state index contributed by atoms with van der Waals surface area (Å²) in [6, 6.07) is 1.75. The van der Waals surface area contributed by atoms with E-state index in [4.69, 9.17) is 5.11 Å². The van der Waals surface area contributed by atoms with Crippen LogP contribution in [0.2, 0.25) is 0 Å². The predicted octanol–water partition coefficient (Wildman–Crippen LogP) is 3.68. The van der Waals surface area contributed by atoms with Crippen molar-refractivity contribution in [2.75, 3.05) is 18.5 Å². The number of benzene rings is 1. The van der Waals surface area contributed by atoms with Gasteiger partial charge in [0.25, 0.3) is 0 Å². The van der Waals surface area contributed by atoms with Crippen LogP contribution in [0.1, 0.15) is 42.5 Å². The smallest absolute Gasteiger partial charge is 0.335 e. The van der Waals surface area contributed by atoms with Gasteiger partial charge in [0.15, 0.2) is 0 Å². The number of nitrogens with zero attached hydrogens (tertiary/aromatic N) is 1. The van der Waals surface area contributed by atoms with Gasteiger partial charge in [0.1, 0.15) is 17.3 Å². The van der Waals surface area contributed by atoms with Crippen LogP contribution in [0.3, 0.4) is 0 Å². The first-order valence-corrected chi connectivity index (χ1v) is 6.92. The SMILES string of the molecule is CN(CC1CCCCC1)c1c(F)cc(C(=O)O)cc1F. The van der Waals surface area contributed by atoms with Crippen molar-refractivity contribution in [3.63, 3.8) is 0 Å². The molecule has 0 saturated heterocycles. The van der Waals surface area contributed by atoms with Crippen LogP contribution in [0.15, 0.2) is 12.1 Å². The Morgan fingerprint density at radius 1 is 1.25 bits per heavy atom. The predicted molar refractivity (Wildman–Crippen MR) is 73.2 cm³/mol. The molecule has 5 heteroatoms. The van der Waals surface area contributed by atoms with E-state index >= 15 is 0 Å². The number of halogens is 2. The molecule has 0 aromatic heterocycles. The summed E-state index contributed by atoms with van der Waals surface area (Å²) >= 11 is 0. The molecule has 20 heavy (non-hydrogen) atoms. The maximum absolute atomic E-state index is 13.9. The molecule has 1 aliphatic rings. The summed E-state index contributed by atoms with van der Waals surface area (Å²) < 4.78 is 27.9. The van der Waals surface area contributed by atoms with E-state index in [1.807, 2.05) is 0 Å². The fourth-order valence-corrected chi connectivity index (χ4v) is 2.90. The minimum atomic E-state index is -1.33. The lowest BCUT2D eigenvalue weighted by molar-refractivity contribution is 0.0695. The Hall–Kier alpha value is -1.65. The largest absolute Gasteiger partial charge is 0.478 e. The Morgan fingerprint density at radius 3 is 2.30 bits per heavy atom. The second kappa shape index (κ2) is 6.20. The van der Waals surface area contributed by atoms with Crippen molar-refractivity contribution in [2.45, 2.75) is 32.1 Å². The first kappa shape index (κ1) is 14.8. The van der Waals surface area contributed by atoms with E-state index in [0.29, 0.717) is 12.5 Å². The number of rotatable bonds is 4.